The average Bonchev–Trinajstić information content (AvgIpc) is 2.95. The SMILES string of the molecule is CCC1(CNC(=NC)NCCc2nc3ccccc3[nH]2)CCC1.I. The molecule has 132 valence electrons. The highest BCUT2D eigenvalue weighted by Gasteiger charge is 2.34. The minimum Gasteiger partial charge on any atom is -0.356 e. The smallest absolute Gasteiger partial charge is 0.191 e. The Morgan fingerprint density at radius 3 is 2.71 bits per heavy atom. The summed E-state index contributed by atoms with van der Waals surface area (Å²) in [5, 5.41) is 6.87. The van der Waals surface area contributed by atoms with Crippen LogP contribution in [0.15, 0.2) is 29.3 Å². The van der Waals surface area contributed by atoms with E-state index in [-0.39, 0.29) is 24.0 Å². The predicted octanol–water partition coefficient (Wildman–Crippen LogP) is 3.47. The van der Waals surface area contributed by atoms with Crippen molar-refractivity contribution >= 4 is 41.0 Å². The molecule has 1 aliphatic carbocycles. The van der Waals surface area contributed by atoms with Crippen molar-refractivity contribution in [1.29, 1.82) is 0 Å². The number of rotatable bonds is 6. The van der Waals surface area contributed by atoms with Crippen LogP contribution >= 0.6 is 24.0 Å². The van der Waals surface area contributed by atoms with Gasteiger partial charge in [-0.3, -0.25) is 4.99 Å². The first kappa shape index (κ1) is 19.0. The Kier molecular flexibility index (Phi) is 6.89. The molecule has 3 N–H and O–H groups in total. The first-order chi connectivity index (χ1) is 11.2. The number of H-pyrrole nitrogens is 1. The van der Waals surface area contributed by atoms with Crippen molar-refractivity contribution in [3.8, 4) is 0 Å². The van der Waals surface area contributed by atoms with Gasteiger partial charge in [0.25, 0.3) is 0 Å². The zero-order valence-corrected chi connectivity index (χ0v) is 16.9. The van der Waals surface area contributed by atoms with Gasteiger partial charge >= 0.3 is 0 Å². The van der Waals surface area contributed by atoms with Gasteiger partial charge in [0.15, 0.2) is 5.96 Å². The van der Waals surface area contributed by atoms with E-state index in [4.69, 9.17) is 0 Å². The van der Waals surface area contributed by atoms with Crippen LogP contribution in [-0.2, 0) is 6.42 Å². The van der Waals surface area contributed by atoms with E-state index in [0.29, 0.717) is 5.41 Å². The average molecular weight is 441 g/mol. The Morgan fingerprint density at radius 2 is 2.08 bits per heavy atom. The highest BCUT2D eigenvalue weighted by molar-refractivity contribution is 14.0. The first-order valence-electron chi connectivity index (χ1n) is 8.63. The molecule has 0 atom stereocenters. The number of para-hydroxylation sites is 2. The van der Waals surface area contributed by atoms with Crippen LogP contribution in [-0.4, -0.2) is 36.1 Å². The van der Waals surface area contributed by atoms with Crippen molar-refractivity contribution in [3.63, 3.8) is 0 Å². The van der Waals surface area contributed by atoms with Crippen LogP contribution in [0.5, 0.6) is 0 Å². The van der Waals surface area contributed by atoms with Gasteiger partial charge in [-0.05, 0) is 36.8 Å². The predicted molar refractivity (Wildman–Crippen MR) is 111 cm³/mol. The Morgan fingerprint density at radius 1 is 1.29 bits per heavy atom. The van der Waals surface area contributed by atoms with Crippen molar-refractivity contribution in [3.05, 3.63) is 30.1 Å². The Balaban J connectivity index is 0.00000208. The minimum absolute atomic E-state index is 0. The molecule has 0 amide bonds. The maximum absolute atomic E-state index is 4.60. The summed E-state index contributed by atoms with van der Waals surface area (Å²) in [7, 11) is 1.83. The van der Waals surface area contributed by atoms with Crippen molar-refractivity contribution in [2.75, 3.05) is 20.1 Å². The number of nitrogens with zero attached hydrogens (tertiary/aromatic N) is 2. The van der Waals surface area contributed by atoms with E-state index in [1.54, 1.807) is 0 Å². The fourth-order valence-corrected chi connectivity index (χ4v) is 3.25. The Hall–Kier alpha value is -1.31. The molecule has 5 nitrogen and oxygen atoms in total. The van der Waals surface area contributed by atoms with E-state index in [9.17, 15) is 0 Å². The van der Waals surface area contributed by atoms with E-state index in [0.717, 1.165) is 42.3 Å². The van der Waals surface area contributed by atoms with Gasteiger partial charge in [0, 0.05) is 26.6 Å². The lowest BCUT2D eigenvalue weighted by Gasteiger charge is -2.41. The fraction of sp³-hybridized carbons (Fsp3) is 0.556. The second-order valence-electron chi connectivity index (χ2n) is 6.51. The number of imidazole rings is 1. The van der Waals surface area contributed by atoms with Gasteiger partial charge in [0.2, 0.25) is 0 Å². The standard InChI is InChI=1S/C18H27N5.HI/c1-3-18(10-6-11-18)13-21-17(19-2)20-12-9-16-22-14-7-4-5-8-15(14)23-16;/h4-5,7-8H,3,6,9-13H2,1-2H3,(H,22,23)(H2,19,20,21);1H. The van der Waals surface area contributed by atoms with Crippen LogP contribution < -0.4 is 10.6 Å². The highest BCUT2D eigenvalue weighted by atomic mass is 127. The normalized spacial score (nSPS) is 16.3. The highest BCUT2D eigenvalue weighted by Crippen LogP contribution is 2.42. The molecular formula is C18H28IN5. The molecule has 6 heteroatoms. The fourth-order valence-electron chi connectivity index (χ4n) is 3.25. The van der Waals surface area contributed by atoms with Crippen molar-refractivity contribution in [2.45, 2.75) is 39.0 Å². The third-order valence-corrected chi connectivity index (χ3v) is 5.11. The van der Waals surface area contributed by atoms with Crippen molar-refractivity contribution in [1.82, 2.24) is 20.6 Å². The Bertz CT molecular complexity index is 636. The molecule has 2 aromatic rings. The molecular weight excluding hydrogens is 413 g/mol. The summed E-state index contributed by atoms with van der Waals surface area (Å²) in [6.07, 6.45) is 6.15. The largest absolute Gasteiger partial charge is 0.356 e. The summed E-state index contributed by atoms with van der Waals surface area (Å²) in [5.74, 6) is 1.90. The van der Waals surface area contributed by atoms with E-state index in [1.807, 2.05) is 25.2 Å². The number of benzene rings is 1. The van der Waals surface area contributed by atoms with Gasteiger partial charge in [-0.25, -0.2) is 4.98 Å². The van der Waals surface area contributed by atoms with Gasteiger partial charge in [0.1, 0.15) is 5.82 Å². The third-order valence-electron chi connectivity index (χ3n) is 5.11. The number of fused-ring (bicyclic) bond motifs is 1. The molecule has 1 heterocycles. The molecule has 3 rings (SSSR count). The van der Waals surface area contributed by atoms with Gasteiger partial charge in [-0.15, -0.1) is 24.0 Å². The quantitative estimate of drug-likeness (QED) is 0.366. The lowest BCUT2D eigenvalue weighted by Crippen LogP contribution is -2.46. The van der Waals surface area contributed by atoms with Crippen LogP contribution in [0.4, 0.5) is 0 Å². The zero-order valence-electron chi connectivity index (χ0n) is 14.6. The molecule has 1 aromatic carbocycles. The van der Waals surface area contributed by atoms with E-state index in [2.05, 4.69) is 38.6 Å². The number of guanidine groups is 1. The molecule has 1 aliphatic rings. The van der Waals surface area contributed by atoms with E-state index in [1.165, 1.54) is 25.7 Å². The maximum Gasteiger partial charge on any atom is 0.191 e. The van der Waals surface area contributed by atoms with E-state index >= 15 is 0 Å². The summed E-state index contributed by atoms with van der Waals surface area (Å²) in [6, 6.07) is 8.13. The number of nitrogens with one attached hydrogen (secondary N) is 3. The number of hydrogen-bond acceptors (Lipinski definition) is 2. The van der Waals surface area contributed by atoms with Crippen molar-refractivity contribution in [2.24, 2.45) is 10.4 Å². The van der Waals surface area contributed by atoms with Crippen LogP contribution in [0.2, 0.25) is 0 Å². The number of halogens is 1. The van der Waals surface area contributed by atoms with Crippen LogP contribution in [0.3, 0.4) is 0 Å². The zero-order chi connectivity index (χ0) is 16.1. The summed E-state index contributed by atoms with van der Waals surface area (Å²) in [5.41, 5.74) is 2.62. The molecule has 0 spiro atoms. The Labute approximate surface area is 161 Å². The molecule has 24 heavy (non-hydrogen) atoms. The lowest BCUT2D eigenvalue weighted by atomic mass is 9.67. The van der Waals surface area contributed by atoms with Gasteiger partial charge in [-0.1, -0.05) is 25.5 Å². The topological polar surface area (TPSA) is 65.1 Å². The molecule has 0 saturated heterocycles. The molecule has 0 aliphatic heterocycles. The number of aliphatic imine (C=N–C) groups is 1. The summed E-state index contributed by atoms with van der Waals surface area (Å²) in [4.78, 5) is 12.3. The summed E-state index contributed by atoms with van der Waals surface area (Å²) < 4.78 is 0. The maximum atomic E-state index is 4.60. The van der Waals surface area contributed by atoms with Gasteiger partial charge < -0.3 is 15.6 Å². The number of aromatic amines is 1. The molecule has 0 bridgehead atoms. The molecule has 1 fully saturated rings. The van der Waals surface area contributed by atoms with Crippen molar-refractivity contribution < 1.29 is 0 Å². The van der Waals surface area contributed by atoms with E-state index < -0.39 is 0 Å². The van der Waals surface area contributed by atoms with Crippen LogP contribution in [0.25, 0.3) is 11.0 Å². The number of hydrogen-bond donors (Lipinski definition) is 3. The molecule has 1 aromatic heterocycles. The van der Waals surface area contributed by atoms with Crippen LogP contribution in [0, 0.1) is 5.41 Å². The second kappa shape index (κ2) is 8.69. The second-order valence-corrected chi connectivity index (χ2v) is 6.51. The summed E-state index contributed by atoms with van der Waals surface area (Å²) in [6.45, 7) is 4.13. The molecule has 1 saturated carbocycles. The minimum atomic E-state index is 0. The third kappa shape index (κ3) is 4.40. The molecule has 0 unspecified atom stereocenters. The summed E-state index contributed by atoms with van der Waals surface area (Å²) >= 11 is 0. The number of aromatic nitrogens is 2. The van der Waals surface area contributed by atoms with Gasteiger partial charge in [0.05, 0.1) is 11.0 Å². The monoisotopic (exact) mass is 441 g/mol. The van der Waals surface area contributed by atoms with Crippen LogP contribution in [0.1, 0.15) is 38.4 Å². The lowest BCUT2D eigenvalue weighted by molar-refractivity contribution is 0.131. The van der Waals surface area contributed by atoms with Gasteiger partial charge in [-0.2, -0.15) is 0 Å². The molecule has 0 radical (unpaired) electrons. The first-order valence-corrected chi connectivity index (χ1v) is 8.63.